The molecule has 0 amide bonds. The first-order chi connectivity index (χ1) is 9.06. The highest BCUT2D eigenvalue weighted by Crippen LogP contribution is 2.39. The third-order valence-electron chi connectivity index (χ3n) is 3.76. The van der Waals surface area contributed by atoms with Gasteiger partial charge in [-0.15, -0.1) is 0 Å². The van der Waals surface area contributed by atoms with Gasteiger partial charge in [0.05, 0.1) is 21.6 Å². The predicted octanol–water partition coefficient (Wildman–Crippen LogP) is 1.60. The Morgan fingerprint density at radius 2 is 2.16 bits per heavy atom. The molecule has 1 aromatic carbocycles. The monoisotopic (exact) mass is 279 g/mol. The van der Waals surface area contributed by atoms with Crippen LogP contribution in [0, 0.1) is 0 Å². The summed E-state index contributed by atoms with van der Waals surface area (Å²) in [4.78, 5) is 0.665. The second kappa shape index (κ2) is 4.44. The number of fused-ring (bicyclic) bond motifs is 2. The number of nitrogens with zero attached hydrogens (tertiary/aromatic N) is 1. The molecule has 3 rings (SSSR count). The Morgan fingerprint density at radius 3 is 2.68 bits per heavy atom. The smallest absolute Gasteiger partial charge is 0.110 e. The number of hydrogen-bond acceptors (Lipinski definition) is 4. The van der Waals surface area contributed by atoms with E-state index in [1.807, 2.05) is 30.4 Å². The minimum absolute atomic E-state index is 0.0497. The maximum atomic E-state index is 13.0. The summed E-state index contributed by atoms with van der Waals surface area (Å²) < 4.78 is 22.6. The van der Waals surface area contributed by atoms with E-state index in [2.05, 4.69) is 4.36 Å². The molecule has 1 aromatic rings. The minimum Gasteiger partial charge on any atom is -0.386 e. The summed E-state index contributed by atoms with van der Waals surface area (Å²) in [6.45, 7) is 0. The zero-order valence-corrected chi connectivity index (χ0v) is 11.5. The van der Waals surface area contributed by atoms with Crippen LogP contribution < -0.4 is 0 Å². The lowest BCUT2D eigenvalue weighted by Gasteiger charge is -2.28. The molecule has 2 heterocycles. The highest BCUT2D eigenvalue weighted by atomic mass is 32.2. The molecular formula is C14H17NO3S. The SMILES string of the molecule is CN=S(=O)(C[C@]1(O)C[C@H]2C=C[C@@H]1O2)c1ccccc1. The van der Waals surface area contributed by atoms with E-state index in [4.69, 9.17) is 4.74 Å². The molecule has 1 N–H and O–H groups in total. The lowest BCUT2D eigenvalue weighted by molar-refractivity contribution is 0.00595. The fourth-order valence-corrected chi connectivity index (χ4v) is 4.81. The van der Waals surface area contributed by atoms with Crippen LogP contribution in [0.3, 0.4) is 0 Å². The zero-order chi connectivity index (χ0) is 13.5. The third-order valence-corrected chi connectivity index (χ3v) is 6.25. The molecule has 19 heavy (non-hydrogen) atoms. The Balaban J connectivity index is 1.94. The number of ether oxygens (including phenoxy) is 1. The third kappa shape index (κ3) is 2.12. The van der Waals surface area contributed by atoms with E-state index in [-0.39, 0.29) is 18.0 Å². The summed E-state index contributed by atoms with van der Waals surface area (Å²) in [7, 11) is -1.06. The van der Waals surface area contributed by atoms with Crippen LogP contribution in [0.2, 0.25) is 0 Å². The fraction of sp³-hybridized carbons (Fsp3) is 0.429. The van der Waals surface area contributed by atoms with Gasteiger partial charge in [0, 0.05) is 18.4 Å². The molecule has 0 aliphatic carbocycles. The molecule has 0 saturated carbocycles. The van der Waals surface area contributed by atoms with Crippen LogP contribution in [0.1, 0.15) is 6.42 Å². The first-order valence-corrected chi connectivity index (χ1v) is 7.98. The lowest BCUT2D eigenvalue weighted by Crippen LogP contribution is -2.44. The van der Waals surface area contributed by atoms with E-state index in [1.54, 1.807) is 19.2 Å². The Bertz CT molecular complexity index is 619. The average molecular weight is 279 g/mol. The van der Waals surface area contributed by atoms with E-state index in [9.17, 15) is 9.32 Å². The molecule has 1 fully saturated rings. The molecule has 1 unspecified atom stereocenters. The highest BCUT2D eigenvalue weighted by Gasteiger charge is 2.50. The van der Waals surface area contributed by atoms with Crippen LogP contribution in [0.25, 0.3) is 0 Å². The Hall–Kier alpha value is -1.17. The summed E-state index contributed by atoms with van der Waals surface area (Å²) in [6.07, 6.45) is 3.89. The minimum atomic E-state index is -2.61. The van der Waals surface area contributed by atoms with Crippen molar-refractivity contribution in [3.05, 3.63) is 42.5 Å². The van der Waals surface area contributed by atoms with Gasteiger partial charge in [-0.3, -0.25) is 0 Å². The van der Waals surface area contributed by atoms with Gasteiger partial charge in [0.25, 0.3) is 0 Å². The van der Waals surface area contributed by atoms with Crippen molar-refractivity contribution in [2.45, 2.75) is 29.1 Å². The maximum Gasteiger partial charge on any atom is 0.110 e. The lowest BCUT2D eigenvalue weighted by atomic mass is 9.91. The number of rotatable bonds is 3. The molecule has 2 bridgehead atoms. The Labute approximate surface area is 113 Å². The highest BCUT2D eigenvalue weighted by molar-refractivity contribution is 7.93. The van der Waals surface area contributed by atoms with Gasteiger partial charge in [-0.05, 0) is 12.1 Å². The maximum absolute atomic E-state index is 13.0. The van der Waals surface area contributed by atoms with E-state index in [0.29, 0.717) is 11.3 Å². The van der Waals surface area contributed by atoms with Crippen molar-refractivity contribution < 1.29 is 14.1 Å². The number of aliphatic hydroxyl groups is 1. The van der Waals surface area contributed by atoms with E-state index in [0.717, 1.165) is 0 Å². The van der Waals surface area contributed by atoms with Crippen LogP contribution in [-0.4, -0.2) is 39.9 Å². The second-order valence-electron chi connectivity index (χ2n) is 5.07. The molecule has 5 heteroatoms. The van der Waals surface area contributed by atoms with Gasteiger partial charge >= 0.3 is 0 Å². The summed E-state index contributed by atoms with van der Waals surface area (Å²) >= 11 is 0. The summed E-state index contributed by atoms with van der Waals surface area (Å²) in [6, 6.07) is 9.13. The molecule has 2 aliphatic heterocycles. The van der Waals surface area contributed by atoms with Crippen LogP contribution in [0.4, 0.5) is 0 Å². The first kappa shape index (κ1) is 12.8. The van der Waals surface area contributed by atoms with Crippen LogP contribution in [0.15, 0.2) is 51.7 Å². The summed E-state index contributed by atoms with van der Waals surface area (Å²) in [5, 5.41) is 10.7. The van der Waals surface area contributed by atoms with Crippen molar-refractivity contribution in [2.75, 3.05) is 12.8 Å². The van der Waals surface area contributed by atoms with Gasteiger partial charge < -0.3 is 9.84 Å². The van der Waals surface area contributed by atoms with Crippen molar-refractivity contribution >= 4 is 9.73 Å². The molecule has 2 aliphatic rings. The summed E-state index contributed by atoms with van der Waals surface area (Å²) in [5.41, 5.74) is -1.08. The van der Waals surface area contributed by atoms with E-state index < -0.39 is 15.3 Å². The molecule has 0 radical (unpaired) electrons. The van der Waals surface area contributed by atoms with Gasteiger partial charge in [0.15, 0.2) is 0 Å². The Kier molecular flexibility index (Phi) is 3.00. The van der Waals surface area contributed by atoms with Gasteiger partial charge in [-0.2, -0.15) is 0 Å². The molecule has 1 saturated heterocycles. The van der Waals surface area contributed by atoms with Crippen molar-refractivity contribution in [3.8, 4) is 0 Å². The topological polar surface area (TPSA) is 58.9 Å². The standard InChI is InChI=1S/C14H17NO3S/c1-15-19(17,12-5-3-2-4-6-12)10-14(16)9-11-7-8-13(14)18-11/h2-8,11,13,16H,9-10H2,1H3/t11-,13+,14-,19?/m1/s1. The summed E-state index contributed by atoms with van der Waals surface area (Å²) in [5.74, 6) is 0.117. The second-order valence-corrected chi connectivity index (χ2v) is 7.47. The number of hydrogen-bond donors (Lipinski definition) is 1. The fourth-order valence-electron chi connectivity index (χ4n) is 2.76. The zero-order valence-electron chi connectivity index (χ0n) is 10.7. The normalized spacial score (nSPS) is 35.3. The van der Waals surface area contributed by atoms with Gasteiger partial charge in [0.2, 0.25) is 0 Å². The van der Waals surface area contributed by atoms with Gasteiger partial charge in [-0.25, -0.2) is 8.57 Å². The molecule has 4 nitrogen and oxygen atoms in total. The largest absolute Gasteiger partial charge is 0.386 e. The van der Waals surface area contributed by atoms with E-state index >= 15 is 0 Å². The Morgan fingerprint density at radius 1 is 1.42 bits per heavy atom. The van der Waals surface area contributed by atoms with Gasteiger partial charge in [-0.1, -0.05) is 30.4 Å². The average Bonchev–Trinajstić information content (AvgIpc) is 2.99. The predicted molar refractivity (Wildman–Crippen MR) is 73.4 cm³/mol. The molecule has 0 aromatic heterocycles. The van der Waals surface area contributed by atoms with Crippen LogP contribution in [0.5, 0.6) is 0 Å². The van der Waals surface area contributed by atoms with Crippen molar-refractivity contribution in [1.29, 1.82) is 0 Å². The quantitative estimate of drug-likeness (QED) is 0.855. The van der Waals surface area contributed by atoms with Crippen molar-refractivity contribution in [3.63, 3.8) is 0 Å². The molecule has 0 spiro atoms. The first-order valence-electron chi connectivity index (χ1n) is 6.30. The van der Waals surface area contributed by atoms with Crippen LogP contribution >= 0.6 is 0 Å². The molecule has 4 atom stereocenters. The van der Waals surface area contributed by atoms with E-state index in [1.165, 1.54) is 0 Å². The van der Waals surface area contributed by atoms with Crippen molar-refractivity contribution in [1.82, 2.24) is 0 Å². The molecule has 102 valence electrons. The van der Waals surface area contributed by atoms with Gasteiger partial charge in [0.1, 0.15) is 11.7 Å². The van der Waals surface area contributed by atoms with Crippen LogP contribution in [-0.2, 0) is 14.5 Å². The van der Waals surface area contributed by atoms with Crippen molar-refractivity contribution in [2.24, 2.45) is 4.36 Å². The molecular weight excluding hydrogens is 262 g/mol. The number of benzene rings is 1.